The number of likely N-dealkylation sites (tertiary alicyclic amines) is 1. The minimum atomic E-state index is -5.02. The van der Waals surface area contributed by atoms with Crippen LogP contribution in [0.3, 0.4) is 0 Å². The molecule has 0 aromatic heterocycles. The van der Waals surface area contributed by atoms with Crippen LogP contribution >= 0.6 is 0 Å². The second-order valence-corrected chi connectivity index (χ2v) is 11.1. The molecule has 0 spiro atoms. The Morgan fingerprint density at radius 1 is 1.13 bits per heavy atom. The molecule has 2 aliphatic carbocycles. The summed E-state index contributed by atoms with van der Waals surface area (Å²) in [5, 5.41) is 13.3. The van der Waals surface area contributed by atoms with Gasteiger partial charge < -0.3 is 19.9 Å². The number of rotatable bonds is 8. The molecule has 1 heterocycles. The number of alkyl halides is 3. The van der Waals surface area contributed by atoms with Crippen LogP contribution in [-0.2, 0) is 19.7 Å². The first-order chi connectivity index (χ1) is 18.6. The summed E-state index contributed by atoms with van der Waals surface area (Å²) in [6, 6.07) is 15.5. The van der Waals surface area contributed by atoms with Crippen molar-refractivity contribution >= 4 is 12.0 Å². The highest BCUT2D eigenvalue weighted by Crippen LogP contribution is 2.55. The predicted molar refractivity (Wildman–Crippen MR) is 140 cm³/mol. The third kappa shape index (κ3) is 5.94. The Balaban J connectivity index is 1.51. The van der Waals surface area contributed by atoms with Gasteiger partial charge in [0.05, 0.1) is 11.8 Å². The number of hydrogen-bond acceptors (Lipinski definition) is 5. The van der Waals surface area contributed by atoms with E-state index in [0.717, 1.165) is 56.7 Å². The van der Waals surface area contributed by atoms with Crippen molar-refractivity contribution in [2.45, 2.75) is 68.5 Å². The topological polar surface area (TPSA) is 71.0 Å². The number of phenolic OH excluding ortho intramolecular Hbond substituents is 1. The number of carbonyl (C=O) groups is 1. The van der Waals surface area contributed by atoms with Crippen LogP contribution in [0.2, 0.25) is 0 Å². The van der Waals surface area contributed by atoms with Crippen LogP contribution in [0.4, 0.5) is 13.2 Å². The summed E-state index contributed by atoms with van der Waals surface area (Å²) in [5.41, 5.74) is 0.249. The monoisotopic (exact) mass is 544 g/mol. The van der Waals surface area contributed by atoms with Gasteiger partial charge in [0.1, 0.15) is 5.75 Å². The third-order valence-electron chi connectivity index (χ3n) is 8.57. The van der Waals surface area contributed by atoms with Gasteiger partial charge in [-0.25, -0.2) is 0 Å². The lowest BCUT2D eigenvalue weighted by molar-refractivity contribution is -0.304. The molecule has 2 aromatic rings. The zero-order valence-electron chi connectivity index (χ0n) is 22.0. The molecule has 39 heavy (non-hydrogen) atoms. The van der Waals surface area contributed by atoms with Gasteiger partial charge in [0.15, 0.2) is 5.76 Å². The number of benzene rings is 2. The second-order valence-electron chi connectivity index (χ2n) is 11.1. The Bertz CT molecular complexity index is 1200. The summed E-state index contributed by atoms with van der Waals surface area (Å²) in [6.45, 7) is 1.25. The molecule has 2 saturated carbocycles. The van der Waals surface area contributed by atoms with Crippen molar-refractivity contribution in [3.63, 3.8) is 0 Å². The first-order valence-electron chi connectivity index (χ1n) is 13.6. The number of ether oxygens (including phenoxy) is 2. The van der Waals surface area contributed by atoms with Crippen molar-refractivity contribution in [1.29, 1.82) is 0 Å². The number of nitrogens with zero attached hydrogens (tertiary/aromatic N) is 1. The fourth-order valence-corrected chi connectivity index (χ4v) is 6.57. The molecule has 1 unspecified atom stereocenters. The molecular weight excluding hydrogens is 509 g/mol. The minimum absolute atomic E-state index is 0.144. The van der Waals surface area contributed by atoms with E-state index in [9.17, 15) is 23.1 Å². The van der Waals surface area contributed by atoms with Crippen LogP contribution in [0.5, 0.6) is 5.75 Å². The summed E-state index contributed by atoms with van der Waals surface area (Å²) in [7, 11) is 1.72. The molecule has 2 N–H and O–H groups in total. The van der Waals surface area contributed by atoms with E-state index >= 15 is 0 Å². The highest BCUT2D eigenvalue weighted by molar-refractivity contribution is 5.96. The van der Waals surface area contributed by atoms with E-state index in [-0.39, 0.29) is 5.75 Å². The zero-order chi connectivity index (χ0) is 27.7. The van der Waals surface area contributed by atoms with Gasteiger partial charge in [-0.1, -0.05) is 55.3 Å². The first-order valence-corrected chi connectivity index (χ1v) is 13.6. The van der Waals surface area contributed by atoms with E-state index in [4.69, 9.17) is 4.74 Å². The van der Waals surface area contributed by atoms with Gasteiger partial charge >= 0.3 is 6.36 Å². The third-order valence-corrected chi connectivity index (χ3v) is 8.57. The molecule has 1 saturated heterocycles. The molecule has 210 valence electrons. The SMILES string of the molecule is COC12CCCC[C@@]1(c1cccc(O)c1)C[C@@H](NC(=O)C(=Cc1ccccc1)OC(F)(F)F)N(CC1CC1)C2. The van der Waals surface area contributed by atoms with Crippen LogP contribution < -0.4 is 5.32 Å². The van der Waals surface area contributed by atoms with Crippen LogP contribution in [0, 0.1) is 5.92 Å². The second kappa shape index (κ2) is 10.8. The highest BCUT2D eigenvalue weighted by Gasteiger charge is 2.60. The van der Waals surface area contributed by atoms with Crippen molar-refractivity contribution in [3.05, 3.63) is 71.5 Å². The summed E-state index contributed by atoms with van der Waals surface area (Å²) in [6.07, 6.45) is 1.70. The molecule has 3 atom stereocenters. The molecule has 1 aliphatic heterocycles. The fraction of sp³-hybridized carbons (Fsp3) is 0.500. The predicted octanol–water partition coefficient (Wildman–Crippen LogP) is 5.72. The minimum Gasteiger partial charge on any atom is -0.508 e. The average molecular weight is 545 g/mol. The molecule has 5 rings (SSSR count). The van der Waals surface area contributed by atoms with Crippen LogP contribution in [0.25, 0.3) is 6.08 Å². The largest absolute Gasteiger partial charge is 0.573 e. The standard InChI is InChI=1S/C30H35F3N2O4/c1-38-29-15-6-5-14-28(29,23-10-7-11-24(36)17-23)18-26(35(20-29)19-22-12-13-22)34-27(37)25(39-30(31,32)33)16-21-8-3-2-4-9-21/h2-4,7-11,16-17,22,26,36H,5-6,12-15,18-20H2,1H3,(H,34,37)/t26-,28-,29?/m0/s1. The number of piperidine rings is 1. The van der Waals surface area contributed by atoms with Gasteiger partial charge in [0.25, 0.3) is 5.91 Å². The Kier molecular flexibility index (Phi) is 7.66. The summed E-state index contributed by atoms with van der Waals surface area (Å²) in [5.74, 6) is -1.10. The molecule has 0 radical (unpaired) electrons. The molecule has 6 nitrogen and oxygen atoms in total. The van der Waals surface area contributed by atoms with Gasteiger partial charge in [-0.2, -0.15) is 0 Å². The van der Waals surface area contributed by atoms with Crippen molar-refractivity contribution in [3.8, 4) is 5.75 Å². The molecule has 0 bridgehead atoms. The summed E-state index contributed by atoms with van der Waals surface area (Å²) >= 11 is 0. The fourth-order valence-electron chi connectivity index (χ4n) is 6.57. The number of carbonyl (C=O) groups excluding carboxylic acids is 1. The Labute approximate surface area is 226 Å². The van der Waals surface area contributed by atoms with E-state index in [1.807, 2.05) is 6.07 Å². The van der Waals surface area contributed by atoms with Crippen molar-refractivity contribution in [2.24, 2.45) is 5.92 Å². The maximum absolute atomic E-state index is 13.4. The number of aromatic hydroxyl groups is 1. The van der Waals surface area contributed by atoms with Gasteiger partial charge in [0, 0.05) is 25.6 Å². The quantitative estimate of drug-likeness (QED) is 0.328. The van der Waals surface area contributed by atoms with Crippen LogP contribution in [-0.4, -0.2) is 54.2 Å². The number of fused-ring (bicyclic) bond motifs is 1. The molecule has 9 heteroatoms. The number of phenols is 1. The van der Waals surface area contributed by atoms with Gasteiger partial charge in [-0.3, -0.25) is 9.69 Å². The maximum Gasteiger partial charge on any atom is 0.573 e. The molecule has 2 aromatic carbocycles. The van der Waals surface area contributed by atoms with Crippen molar-refractivity contribution in [2.75, 3.05) is 20.2 Å². The molecule has 3 aliphatic rings. The maximum atomic E-state index is 13.4. The Morgan fingerprint density at radius 2 is 1.87 bits per heavy atom. The average Bonchev–Trinajstić information content (AvgIpc) is 3.72. The zero-order valence-corrected chi connectivity index (χ0v) is 22.0. The lowest BCUT2D eigenvalue weighted by Crippen LogP contribution is -2.70. The van der Waals surface area contributed by atoms with Gasteiger partial charge in [-0.15, -0.1) is 13.2 Å². The number of amides is 1. The Hall–Kier alpha value is -3.04. The number of nitrogens with one attached hydrogen (secondary N) is 1. The lowest BCUT2D eigenvalue weighted by Gasteiger charge is -2.60. The van der Waals surface area contributed by atoms with Crippen LogP contribution in [0.15, 0.2) is 60.4 Å². The first kappa shape index (κ1) is 27.5. The normalized spacial score (nSPS) is 28.0. The number of methoxy groups -OCH3 is 1. The van der Waals surface area contributed by atoms with E-state index in [2.05, 4.69) is 15.0 Å². The molecular formula is C30H35F3N2O4. The molecule has 3 fully saturated rings. The van der Waals surface area contributed by atoms with E-state index < -0.39 is 35.2 Å². The number of hydrogen-bond donors (Lipinski definition) is 2. The van der Waals surface area contributed by atoms with Crippen molar-refractivity contribution in [1.82, 2.24) is 10.2 Å². The lowest BCUT2D eigenvalue weighted by atomic mass is 9.55. The van der Waals surface area contributed by atoms with E-state index in [1.165, 1.54) is 0 Å². The molecule has 1 amide bonds. The number of halogens is 3. The Morgan fingerprint density at radius 3 is 2.54 bits per heavy atom. The highest BCUT2D eigenvalue weighted by atomic mass is 19.4. The smallest absolute Gasteiger partial charge is 0.508 e. The summed E-state index contributed by atoms with van der Waals surface area (Å²) in [4.78, 5) is 15.6. The van der Waals surface area contributed by atoms with Gasteiger partial charge in [0.2, 0.25) is 0 Å². The van der Waals surface area contributed by atoms with Crippen LogP contribution in [0.1, 0.15) is 56.1 Å². The summed E-state index contributed by atoms with van der Waals surface area (Å²) < 4.78 is 50.6. The van der Waals surface area contributed by atoms with Gasteiger partial charge in [-0.05, 0) is 67.4 Å². The van der Waals surface area contributed by atoms with Crippen molar-refractivity contribution < 1.29 is 32.5 Å². The van der Waals surface area contributed by atoms with E-state index in [0.29, 0.717) is 24.4 Å². The van der Waals surface area contributed by atoms with E-state index in [1.54, 1.807) is 55.6 Å².